The van der Waals surface area contributed by atoms with Crippen LogP contribution in [0.15, 0.2) is 18.2 Å². The Bertz CT molecular complexity index is 737. The third-order valence-corrected chi connectivity index (χ3v) is 7.40. The van der Waals surface area contributed by atoms with Crippen molar-refractivity contribution in [3.8, 4) is 0 Å². The zero-order valence-corrected chi connectivity index (χ0v) is 16.5. The van der Waals surface area contributed by atoms with Crippen LogP contribution >= 0.6 is 23.4 Å². The standard InChI is InChI=1S/C19H24ClN3O2S/c1-19-8-7-17(24)23(19)16(12-26-19)18(25)21-14-11-13(20)5-6-15(14)22-9-3-2-4-10-22/h5-6,11,16H,2-4,7-10,12H2,1H3,(H,21,25)/t16-,19+/m0/s1. The maximum Gasteiger partial charge on any atom is 0.248 e. The average Bonchev–Trinajstić information content (AvgIpc) is 3.12. The maximum atomic E-state index is 13.0. The van der Waals surface area contributed by atoms with E-state index in [0.717, 1.165) is 43.7 Å². The molecular formula is C19H24ClN3O2S. The van der Waals surface area contributed by atoms with Gasteiger partial charge in [-0.25, -0.2) is 0 Å². The molecule has 0 saturated carbocycles. The highest BCUT2D eigenvalue weighted by molar-refractivity contribution is 8.01. The van der Waals surface area contributed by atoms with E-state index < -0.39 is 6.04 Å². The summed E-state index contributed by atoms with van der Waals surface area (Å²) in [6.07, 6.45) is 4.92. The molecule has 3 saturated heterocycles. The zero-order chi connectivity index (χ0) is 18.3. The minimum absolute atomic E-state index is 0.0833. The topological polar surface area (TPSA) is 52.7 Å². The number of benzene rings is 1. The molecule has 0 unspecified atom stereocenters. The Balaban J connectivity index is 1.56. The Hall–Kier alpha value is -1.40. The summed E-state index contributed by atoms with van der Waals surface area (Å²) in [5.41, 5.74) is 1.76. The van der Waals surface area contributed by atoms with E-state index in [2.05, 4.69) is 17.1 Å². The van der Waals surface area contributed by atoms with E-state index in [1.54, 1.807) is 16.7 Å². The number of fused-ring (bicyclic) bond motifs is 1. The molecule has 140 valence electrons. The van der Waals surface area contributed by atoms with Gasteiger partial charge in [-0.1, -0.05) is 11.6 Å². The Morgan fingerprint density at radius 1 is 1.31 bits per heavy atom. The molecule has 3 aliphatic heterocycles. The predicted molar refractivity (Wildman–Crippen MR) is 107 cm³/mol. The number of thioether (sulfide) groups is 1. The third-order valence-electron chi connectivity index (χ3n) is 5.66. The molecular weight excluding hydrogens is 370 g/mol. The summed E-state index contributed by atoms with van der Waals surface area (Å²) < 4.78 is 0. The second-order valence-corrected chi connectivity index (χ2v) is 9.40. The van der Waals surface area contributed by atoms with E-state index in [1.807, 2.05) is 18.2 Å². The minimum Gasteiger partial charge on any atom is -0.370 e. The molecule has 0 radical (unpaired) electrons. The molecule has 0 aliphatic carbocycles. The van der Waals surface area contributed by atoms with E-state index >= 15 is 0 Å². The number of nitrogens with one attached hydrogen (secondary N) is 1. The Kier molecular flexibility index (Phi) is 4.82. The number of hydrogen-bond acceptors (Lipinski definition) is 4. The number of carbonyl (C=O) groups excluding carboxylic acids is 2. The van der Waals surface area contributed by atoms with Crippen LogP contribution in [0, 0.1) is 0 Å². The minimum atomic E-state index is -0.409. The van der Waals surface area contributed by atoms with Crippen molar-refractivity contribution in [1.29, 1.82) is 0 Å². The van der Waals surface area contributed by atoms with Crippen molar-refractivity contribution in [2.45, 2.75) is 49.9 Å². The first-order chi connectivity index (χ1) is 12.5. The van der Waals surface area contributed by atoms with Gasteiger partial charge in [0, 0.05) is 30.3 Å². The summed E-state index contributed by atoms with van der Waals surface area (Å²) in [7, 11) is 0. The van der Waals surface area contributed by atoms with Gasteiger partial charge in [-0.05, 0) is 50.8 Å². The van der Waals surface area contributed by atoms with Crippen LogP contribution < -0.4 is 10.2 Å². The van der Waals surface area contributed by atoms with Gasteiger partial charge in [0.05, 0.1) is 16.2 Å². The van der Waals surface area contributed by atoms with Gasteiger partial charge in [-0.2, -0.15) is 0 Å². The smallest absolute Gasteiger partial charge is 0.248 e. The third kappa shape index (κ3) is 3.18. The lowest BCUT2D eigenvalue weighted by atomic mass is 10.1. The second kappa shape index (κ2) is 6.97. The van der Waals surface area contributed by atoms with Crippen molar-refractivity contribution < 1.29 is 9.59 Å². The van der Waals surface area contributed by atoms with E-state index in [9.17, 15) is 9.59 Å². The molecule has 7 heteroatoms. The predicted octanol–water partition coefficient (Wildman–Crippen LogP) is 3.72. The fourth-order valence-electron chi connectivity index (χ4n) is 4.25. The molecule has 5 nitrogen and oxygen atoms in total. The van der Waals surface area contributed by atoms with Crippen molar-refractivity contribution >= 4 is 46.6 Å². The van der Waals surface area contributed by atoms with Crippen LogP contribution in [0.5, 0.6) is 0 Å². The number of rotatable bonds is 3. The molecule has 3 aliphatic rings. The molecule has 1 N–H and O–H groups in total. The highest BCUT2D eigenvalue weighted by Crippen LogP contribution is 2.47. The Morgan fingerprint density at radius 3 is 2.85 bits per heavy atom. The van der Waals surface area contributed by atoms with Crippen molar-refractivity contribution in [1.82, 2.24) is 4.90 Å². The Morgan fingerprint density at radius 2 is 2.08 bits per heavy atom. The zero-order valence-electron chi connectivity index (χ0n) is 15.0. The lowest BCUT2D eigenvalue weighted by Gasteiger charge is -2.32. The number of hydrogen-bond donors (Lipinski definition) is 1. The van der Waals surface area contributed by atoms with Crippen LogP contribution in [-0.2, 0) is 9.59 Å². The highest BCUT2D eigenvalue weighted by atomic mass is 35.5. The number of piperidine rings is 1. The fourth-order valence-corrected chi connectivity index (χ4v) is 5.85. The summed E-state index contributed by atoms with van der Waals surface area (Å²) in [4.78, 5) is 29.2. The van der Waals surface area contributed by atoms with Crippen molar-refractivity contribution in [3.05, 3.63) is 23.2 Å². The van der Waals surface area contributed by atoms with E-state index in [1.165, 1.54) is 6.42 Å². The summed E-state index contributed by atoms with van der Waals surface area (Å²) in [5.74, 6) is 0.616. The molecule has 2 amide bonds. The molecule has 2 atom stereocenters. The Labute approximate surface area is 163 Å². The first kappa shape index (κ1) is 18.0. The van der Waals surface area contributed by atoms with E-state index in [-0.39, 0.29) is 16.7 Å². The van der Waals surface area contributed by atoms with Crippen molar-refractivity contribution in [2.24, 2.45) is 0 Å². The normalized spacial score (nSPS) is 28.4. The molecule has 0 bridgehead atoms. The molecule has 4 rings (SSSR count). The quantitative estimate of drug-likeness (QED) is 0.850. The van der Waals surface area contributed by atoms with Gasteiger partial charge in [0.25, 0.3) is 0 Å². The first-order valence-corrected chi connectivity index (χ1v) is 10.7. The number of nitrogens with zero attached hydrogens (tertiary/aromatic N) is 2. The number of amides is 2. The summed E-state index contributed by atoms with van der Waals surface area (Å²) >= 11 is 7.90. The molecule has 3 fully saturated rings. The molecule has 1 aromatic carbocycles. The molecule has 3 heterocycles. The fraction of sp³-hybridized carbons (Fsp3) is 0.579. The van der Waals surface area contributed by atoms with Gasteiger partial charge in [0.15, 0.2) is 0 Å². The monoisotopic (exact) mass is 393 g/mol. The van der Waals surface area contributed by atoms with Crippen LogP contribution in [0.4, 0.5) is 11.4 Å². The van der Waals surface area contributed by atoms with Crippen LogP contribution in [-0.4, -0.2) is 46.5 Å². The second-order valence-electron chi connectivity index (χ2n) is 7.46. The van der Waals surface area contributed by atoms with E-state index in [4.69, 9.17) is 11.6 Å². The highest BCUT2D eigenvalue weighted by Gasteiger charge is 2.52. The average molecular weight is 394 g/mol. The molecule has 26 heavy (non-hydrogen) atoms. The largest absolute Gasteiger partial charge is 0.370 e. The van der Waals surface area contributed by atoms with Gasteiger partial charge < -0.3 is 15.1 Å². The molecule has 0 aromatic heterocycles. The summed E-state index contributed by atoms with van der Waals surface area (Å²) in [6.45, 7) is 4.05. The molecule has 0 spiro atoms. The van der Waals surface area contributed by atoms with Gasteiger partial charge in [-0.3, -0.25) is 9.59 Å². The number of carbonyl (C=O) groups is 2. The van der Waals surface area contributed by atoms with Crippen molar-refractivity contribution in [3.63, 3.8) is 0 Å². The lowest BCUT2D eigenvalue weighted by Crippen LogP contribution is -2.48. The van der Waals surface area contributed by atoms with Crippen molar-refractivity contribution in [2.75, 3.05) is 29.1 Å². The van der Waals surface area contributed by atoms with Gasteiger partial charge >= 0.3 is 0 Å². The summed E-state index contributed by atoms with van der Waals surface area (Å²) in [5, 5.41) is 3.67. The first-order valence-electron chi connectivity index (χ1n) is 9.29. The van der Waals surface area contributed by atoms with E-state index in [0.29, 0.717) is 17.2 Å². The summed E-state index contributed by atoms with van der Waals surface area (Å²) in [6, 6.07) is 5.26. The van der Waals surface area contributed by atoms with Crippen LogP contribution in [0.3, 0.4) is 0 Å². The number of halogens is 1. The van der Waals surface area contributed by atoms with Gasteiger partial charge in [-0.15, -0.1) is 11.8 Å². The van der Waals surface area contributed by atoms with Gasteiger partial charge in [0.1, 0.15) is 6.04 Å². The number of anilines is 2. The van der Waals surface area contributed by atoms with Gasteiger partial charge in [0.2, 0.25) is 11.8 Å². The van der Waals surface area contributed by atoms with Crippen LogP contribution in [0.1, 0.15) is 39.0 Å². The lowest BCUT2D eigenvalue weighted by molar-refractivity contribution is -0.135. The van der Waals surface area contributed by atoms with Crippen LogP contribution in [0.2, 0.25) is 5.02 Å². The molecule has 1 aromatic rings. The maximum absolute atomic E-state index is 13.0. The van der Waals surface area contributed by atoms with Crippen LogP contribution in [0.25, 0.3) is 0 Å². The SMILES string of the molecule is C[C@@]12CCC(=O)N1[C@H](C(=O)Nc1cc(Cl)ccc1N1CCCCC1)CS2.